The van der Waals surface area contributed by atoms with Gasteiger partial charge in [-0.25, -0.2) is 0 Å². The van der Waals surface area contributed by atoms with Crippen molar-refractivity contribution in [3.05, 3.63) is 33.8 Å². The number of nitrogens with one attached hydrogen (secondary N) is 1. The molecule has 0 aliphatic heterocycles. The zero-order chi connectivity index (χ0) is 13.8. The smallest absolute Gasteiger partial charge is 0.0453 e. The fourth-order valence-electron chi connectivity index (χ4n) is 1.89. The molecule has 0 heterocycles. The van der Waals surface area contributed by atoms with Crippen molar-refractivity contribution >= 4 is 23.2 Å². The zero-order valence-electron chi connectivity index (χ0n) is 11.7. The molecule has 1 atom stereocenters. The Bertz CT molecular complexity index is 390. The Morgan fingerprint density at radius 1 is 1.28 bits per heavy atom. The zero-order valence-corrected chi connectivity index (χ0v) is 13.2. The predicted octanol–water partition coefficient (Wildman–Crippen LogP) is 4.95. The van der Waals surface area contributed by atoms with Crippen LogP contribution in [-0.4, -0.2) is 12.6 Å². The summed E-state index contributed by atoms with van der Waals surface area (Å²) in [6, 6.07) is 6.28. The van der Waals surface area contributed by atoms with Crippen molar-refractivity contribution in [2.24, 2.45) is 5.41 Å². The van der Waals surface area contributed by atoms with Crippen LogP contribution in [0.2, 0.25) is 10.0 Å². The molecule has 0 aliphatic carbocycles. The third kappa shape index (κ3) is 4.79. The van der Waals surface area contributed by atoms with Gasteiger partial charge in [-0.15, -0.1) is 0 Å². The van der Waals surface area contributed by atoms with Crippen molar-refractivity contribution in [1.29, 1.82) is 0 Å². The molecule has 0 saturated heterocycles. The van der Waals surface area contributed by atoms with Crippen LogP contribution in [0.1, 0.15) is 39.7 Å². The molecule has 0 saturated carbocycles. The molecule has 1 nitrogen and oxygen atoms in total. The minimum Gasteiger partial charge on any atom is -0.314 e. The summed E-state index contributed by atoms with van der Waals surface area (Å²) in [6.45, 7) is 9.87. The van der Waals surface area contributed by atoms with E-state index in [9.17, 15) is 0 Å². The van der Waals surface area contributed by atoms with Gasteiger partial charge in [-0.2, -0.15) is 0 Å². The van der Waals surface area contributed by atoms with Crippen molar-refractivity contribution in [3.8, 4) is 0 Å². The third-order valence-corrected chi connectivity index (χ3v) is 4.01. The molecule has 18 heavy (non-hydrogen) atoms. The van der Waals surface area contributed by atoms with E-state index in [0.717, 1.165) is 24.4 Å². The molecule has 0 bridgehead atoms. The lowest BCUT2D eigenvalue weighted by Crippen LogP contribution is -2.36. The normalized spacial score (nSPS) is 14.8. The van der Waals surface area contributed by atoms with E-state index < -0.39 is 0 Å². The maximum Gasteiger partial charge on any atom is 0.0453 e. The molecule has 1 unspecified atom stereocenters. The fraction of sp³-hybridized carbons (Fsp3) is 0.600. The van der Waals surface area contributed by atoms with E-state index in [1.54, 1.807) is 0 Å². The summed E-state index contributed by atoms with van der Waals surface area (Å²) in [5.41, 5.74) is 1.40. The maximum absolute atomic E-state index is 6.25. The van der Waals surface area contributed by atoms with E-state index in [2.05, 4.69) is 33.0 Å². The first-order chi connectivity index (χ1) is 8.36. The molecular formula is C15H23Cl2N. The first-order valence-electron chi connectivity index (χ1n) is 6.53. The average molecular weight is 288 g/mol. The highest BCUT2D eigenvalue weighted by atomic mass is 35.5. The highest BCUT2D eigenvalue weighted by Gasteiger charge is 2.23. The lowest BCUT2D eigenvalue weighted by atomic mass is 9.81. The number of benzene rings is 1. The van der Waals surface area contributed by atoms with Crippen LogP contribution < -0.4 is 5.32 Å². The lowest BCUT2D eigenvalue weighted by Gasteiger charge is -2.30. The number of halogens is 2. The van der Waals surface area contributed by atoms with Crippen molar-refractivity contribution in [3.63, 3.8) is 0 Å². The Labute approximate surface area is 121 Å². The third-order valence-electron chi connectivity index (χ3n) is 3.42. The van der Waals surface area contributed by atoms with Gasteiger partial charge in [0.15, 0.2) is 0 Å². The van der Waals surface area contributed by atoms with Gasteiger partial charge in [-0.1, -0.05) is 57.0 Å². The SMILES string of the molecule is CCC(C)(CNC(C)C)Cc1ccc(Cl)cc1Cl. The molecule has 1 rings (SSSR count). The second kappa shape index (κ2) is 6.79. The minimum absolute atomic E-state index is 0.224. The molecule has 0 aliphatic rings. The molecule has 0 spiro atoms. The van der Waals surface area contributed by atoms with Gasteiger partial charge in [-0.3, -0.25) is 0 Å². The molecule has 0 amide bonds. The van der Waals surface area contributed by atoms with Crippen molar-refractivity contribution in [2.45, 2.75) is 46.6 Å². The van der Waals surface area contributed by atoms with Gasteiger partial charge in [0.2, 0.25) is 0 Å². The summed E-state index contributed by atoms with van der Waals surface area (Å²) in [5, 5.41) is 4.99. The molecule has 1 aromatic rings. The Balaban J connectivity index is 2.77. The molecule has 0 fully saturated rings. The monoisotopic (exact) mass is 287 g/mol. The molecule has 0 radical (unpaired) electrons. The molecule has 1 N–H and O–H groups in total. The molecule has 0 aromatic heterocycles. The lowest BCUT2D eigenvalue weighted by molar-refractivity contribution is 0.281. The van der Waals surface area contributed by atoms with Crippen molar-refractivity contribution < 1.29 is 0 Å². The fourth-order valence-corrected chi connectivity index (χ4v) is 2.36. The van der Waals surface area contributed by atoms with Gasteiger partial charge in [0, 0.05) is 22.6 Å². The Hall–Kier alpha value is -0.240. The molecule has 102 valence electrons. The topological polar surface area (TPSA) is 12.0 Å². The largest absolute Gasteiger partial charge is 0.314 e. The predicted molar refractivity (Wildman–Crippen MR) is 81.7 cm³/mol. The maximum atomic E-state index is 6.25. The van der Waals surface area contributed by atoms with Crippen LogP contribution in [0.4, 0.5) is 0 Å². The number of hydrogen-bond acceptors (Lipinski definition) is 1. The second-order valence-corrected chi connectivity index (χ2v) is 6.46. The Morgan fingerprint density at radius 3 is 2.44 bits per heavy atom. The summed E-state index contributed by atoms with van der Waals surface area (Å²) in [5.74, 6) is 0. The molecular weight excluding hydrogens is 265 g/mol. The first kappa shape index (κ1) is 15.8. The van der Waals surface area contributed by atoms with Gasteiger partial charge in [0.25, 0.3) is 0 Å². The molecule has 3 heteroatoms. The van der Waals surface area contributed by atoms with Gasteiger partial charge >= 0.3 is 0 Å². The second-order valence-electron chi connectivity index (χ2n) is 5.61. The van der Waals surface area contributed by atoms with Crippen LogP contribution in [0.25, 0.3) is 0 Å². The van der Waals surface area contributed by atoms with Crippen molar-refractivity contribution in [2.75, 3.05) is 6.54 Å². The van der Waals surface area contributed by atoms with Gasteiger partial charge in [0.1, 0.15) is 0 Å². The van der Waals surface area contributed by atoms with E-state index in [1.165, 1.54) is 5.56 Å². The average Bonchev–Trinajstić information content (AvgIpc) is 2.30. The van der Waals surface area contributed by atoms with Crippen molar-refractivity contribution in [1.82, 2.24) is 5.32 Å². The minimum atomic E-state index is 0.224. The summed E-state index contributed by atoms with van der Waals surface area (Å²) in [4.78, 5) is 0. The van der Waals surface area contributed by atoms with Gasteiger partial charge in [-0.05, 0) is 36.0 Å². The number of rotatable bonds is 6. The summed E-state index contributed by atoms with van der Waals surface area (Å²) in [7, 11) is 0. The Morgan fingerprint density at radius 2 is 1.94 bits per heavy atom. The van der Waals surface area contributed by atoms with Crippen LogP contribution in [0, 0.1) is 5.41 Å². The standard InChI is InChI=1S/C15H23Cl2N/c1-5-15(4,10-18-11(2)3)9-12-6-7-13(16)8-14(12)17/h6-8,11,18H,5,9-10H2,1-4H3. The van der Waals surface area contributed by atoms with Crippen LogP contribution >= 0.6 is 23.2 Å². The summed E-state index contributed by atoms with van der Waals surface area (Å²) in [6.07, 6.45) is 2.09. The van der Waals surface area contributed by atoms with Crippen LogP contribution in [0.3, 0.4) is 0 Å². The Kier molecular flexibility index (Phi) is 5.97. The van der Waals surface area contributed by atoms with E-state index >= 15 is 0 Å². The van der Waals surface area contributed by atoms with Gasteiger partial charge in [0.05, 0.1) is 0 Å². The quantitative estimate of drug-likeness (QED) is 0.781. The van der Waals surface area contributed by atoms with E-state index in [0.29, 0.717) is 11.1 Å². The summed E-state index contributed by atoms with van der Waals surface area (Å²) < 4.78 is 0. The van der Waals surface area contributed by atoms with Crippen LogP contribution in [0.5, 0.6) is 0 Å². The van der Waals surface area contributed by atoms with Gasteiger partial charge < -0.3 is 5.32 Å². The highest BCUT2D eigenvalue weighted by Crippen LogP contribution is 2.30. The van der Waals surface area contributed by atoms with Crippen LogP contribution in [-0.2, 0) is 6.42 Å². The van der Waals surface area contributed by atoms with Crippen LogP contribution in [0.15, 0.2) is 18.2 Å². The van der Waals surface area contributed by atoms with E-state index in [1.807, 2.05) is 18.2 Å². The van der Waals surface area contributed by atoms with E-state index in [4.69, 9.17) is 23.2 Å². The first-order valence-corrected chi connectivity index (χ1v) is 7.29. The van der Waals surface area contributed by atoms with E-state index in [-0.39, 0.29) is 5.41 Å². The molecule has 1 aromatic carbocycles. The summed E-state index contributed by atoms with van der Waals surface area (Å²) >= 11 is 12.2. The number of hydrogen-bond donors (Lipinski definition) is 1. The highest BCUT2D eigenvalue weighted by molar-refractivity contribution is 6.35.